The number of aromatic amines is 1. The number of pyridine rings is 1. The second-order valence-corrected chi connectivity index (χ2v) is 6.64. The number of imidazole rings is 1. The van der Waals surface area contributed by atoms with Crippen LogP contribution in [0.1, 0.15) is 35.7 Å². The van der Waals surface area contributed by atoms with Crippen LogP contribution in [0.5, 0.6) is 0 Å². The third-order valence-corrected chi connectivity index (χ3v) is 4.92. The monoisotopic (exact) mass is 352 g/mol. The average molecular weight is 352 g/mol. The Balaban J connectivity index is 1.33. The molecule has 0 saturated heterocycles. The molecule has 0 fully saturated rings. The molecule has 26 heavy (non-hydrogen) atoms. The second kappa shape index (κ2) is 7.80. The molecule has 0 radical (unpaired) electrons. The molecule has 4 rings (SSSR count). The SMILES string of the molecule is CC1c2ncc(CCOCc3ccccn3)n2CCN1Cc1cn[nH]c1. The van der Waals surface area contributed by atoms with E-state index in [0.29, 0.717) is 19.3 Å². The lowest BCUT2D eigenvalue weighted by Crippen LogP contribution is -2.37. The van der Waals surface area contributed by atoms with Gasteiger partial charge in [-0.3, -0.25) is 15.0 Å². The van der Waals surface area contributed by atoms with Gasteiger partial charge < -0.3 is 9.30 Å². The molecule has 1 aliphatic heterocycles. The summed E-state index contributed by atoms with van der Waals surface area (Å²) >= 11 is 0. The Morgan fingerprint density at radius 1 is 1.23 bits per heavy atom. The number of rotatable bonds is 7. The lowest BCUT2D eigenvalue weighted by molar-refractivity contribution is 0.118. The molecule has 1 unspecified atom stereocenters. The predicted molar refractivity (Wildman–Crippen MR) is 97.2 cm³/mol. The zero-order valence-corrected chi connectivity index (χ0v) is 15.0. The number of H-pyrrole nitrogens is 1. The smallest absolute Gasteiger partial charge is 0.126 e. The number of fused-ring (bicyclic) bond motifs is 1. The van der Waals surface area contributed by atoms with Gasteiger partial charge in [-0.2, -0.15) is 5.10 Å². The molecule has 0 amide bonds. The van der Waals surface area contributed by atoms with Gasteiger partial charge in [0.2, 0.25) is 0 Å². The molecule has 136 valence electrons. The van der Waals surface area contributed by atoms with Gasteiger partial charge in [-0.1, -0.05) is 6.07 Å². The normalized spacial score (nSPS) is 17.3. The first-order valence-corrected chi connectivity index (χ1v) is 9.05. The summed E-state index contributed by atoms with van der Waals surface area (Å²) in [6.07, 6.45) is 8.50. The van der Waals surface area contributed by atoms with Crippen LogP contribution in [0.2, 0.25) is 0 Å². The summed E-state index contributed by atoms with van der Waals surface area (Å²) < 4.78 is 8.13. The van der Waals surface area contributed by atoms with Crippen molar-refractivity contribution < 1.29 is 4.74 Å². The van der Waals surface area contributed by atoms with Gasteiger partial charge in [0.25, 0.3) is 0 Å². The van der Waals surface area contributed by atoms with Crippen molar-refractivity contribution in [3.8, 4) is 0 Å². The fourth-order valence-electron chi connectivity index (χ4n) is 3.46. The minimum atomic E-state index is 0.293. The van der Waals surface area contributed by atoms with Crippen LogP contribution in [0.4, 0.5) is 0 Å². The van der Waals surface area contributed by atoms with Gasteiger partial charge in [0.1, 0.15) is 5.82 Å². The highest BCUT2D eigenvalue weighted by Gasteiger charge is 2.26. The Morgan fingerprint density at radius 2 is 2.19 bits per heavy atom. The van der Waals surface area contributed by atoms with Gasteiger partial charge in [-0.25, -0.2) is 4.98 Å². The average Bonchev–Trinajstić information content (AvgIpc) is 3.32. The molecule has 4 heterocycles. The topological polar surface area (TPSA) is 71.9 Å². The minimum absolute atomic E-state index is 0.293. The van der Waals surface area contributed by atoms with Gasteiger partial charge in [-0.15, -0.1) is 0 Å². The van der Waals surface area contributed by atoms with Gasteiger partial charge in [0.15, 0.2) is 0 Å². The lowest BCUT2D eigenvalue weighted by Gasteiger charge is -2.34. The van der Waals surface area contributed by atoms with E-state index < -0.39 is 0 Å². The van der Waals surface area contributed by atoms with Crippen LogP contribution in [0.3, 0.4) is 0 Å². The van der Waals surface area contributed by atoms with Crippen LogP contribution in [-0.2, 0) is 30.9 Å². The summed E-state index contributed by atoms with van der Waals surface area (Å²) in [5, 5.41) is 6.92. The van der Waals surface area contributed by atoms with E-state index in [4.69, 9.17) is 4.74 Å². The van der Waals surface area contributed by atoms with E-state index in [0.717, 1.165) is 37.6 Å². The van der Waals surface area contributed by atoms with Crippen LogP contribution in [0.25, 0.3) is 0 Å². The van der Waals surface area contributed by atoms with Crippen molar-refractivity contribution in [2.75, 3.05) is 13.2 Å². The summed E-state index contributed by atoms with van der Waals surface area (Å²) in [6, 6.07) is 6.17. The number of ether oxygens (including phenoxy) is 1. The number of nitrogens with zero attached hydrogens (tertiary/aromatic N) is 5. The third kappa shape index (κ3) is 3.68. The maximum absolute atomic E-state index is 5.78. The molecule has 0 aliphatic carbocycles. The van der Waals surface area contributed by atoms with Gasteiger partial charge in [0.05, 0.1) is 31.1 Å². The standard InChI is InChI=1S/C19H24N6O/c1-15-19-21-12-18(5-9-26-14-17-4-2-3-6-20-17)25(19)8-7-24(15)13-16-10-22-23-11-16/h2-4,6,10-12,15H,5,7-9,13-14H2,1H3,(H,22,23). The Hall–Kier alpha value is -2.51. The van der Waals surface area contributed by atoms with Gasteiger partial charge in [-0.05, 0) is 19.1 Å². The molecule has 3 aromatic heterocycles. The number of nitrogens with one attached hydrogen (secondary N) is 1. The first kappa shape index (κ1) is 16.9. The molecule has 0 aromatic carbocycles. The van der Waals surface area contributed by atoms with E-state index in [1.165, 1.54) is 11.3 Å². The quantitative estimate of drug-likeness (QED) is 0.661. The molecule has 7 heteroatoms. The number of hydrogen-bond donors (Lipinski definition) is 1. The maximum Gasteiger partial charge on any atom is 0.126 e. The van der Waals surface area contributed by atoms with Gasteiger partial charge in [0, 0.05) is 55.9 Å². The predicted octanol–water partition coefficient (Wildman–Crippen LogP) is 2.34. The van der Waals surface area contributed by atoms with E-state index >= 15 is 0 Å². The van der Waals surface area contributed by atoms with E-state index in [-0.39, 0.29) is 0 Å². The Morgan fingerprint density at radius 3 is 3.00 bits per heavy atom. The molecule has 0 saturated carbocycles. The van der Waals surface area contributed by atoms with Crippen LogP contribution in [0, 0.1) is 0 Å². The summed E-state index contributed by atoms with van der Waals surface area (Å²) in [5.41, 5.74) is 3.42. The summed E-state index contributed by atoms with van der Waals surface area (Å²) in [7, 11) is 0. The van der Waals surface area contributed by atoms with Crippen LogP contribution < -0.4 is 0 Å². The van der Waals surface area contributed by atoms with E-state index in [9.17, 15) is 0 Å². The number of hydrogen-bond acceptors (Lipinski definition) is 5. The van der Waals surface area contributed by atoms with E-state index in [1.54, 1.807) is 6.20 Å². The van der Waals surface area contributed by atoms with Crippen LogP contribution in [-0.4, -0.2) is 42.8 Å². The van der Waals surface area contributed by atoms with Crippen molar-refractivity contribution in [1.82, 2.24) is 29.6 Å². The summed E-state index contributed by atoms with van der Waals surface area (Å²) in [5.74, 6) is 1.14. The Labute approximate surface area is 153 Å². The highest BCUT2D eigenvalue weighted by atomic mass is 16.5. The molecule has 3 aromatic rings. The van der Waals surface area contributed by atoms with Crippen molar-refractivity contribution in [1.29, 1.82) is 0 Å². The van der Waals surface area contributed by atoms with Gasteiger partial charge >= 0.3 is 0 Å². The second-order valence-electron chi connectivity index (χ2n) is 6.64. The molecule has 1 aliphatic rings. The molecular formula is C19H24N6O. The summed E-state index contributed by atoms with van der Waals surface area (Å²) in [4.78, 5) is 11.4. The Bertz CT molecular complexity index is 814. The third-order valence-electron chi connectivity index (χ3n) is 4.92. The van der Waals surface area contributed by atoms with Crippen molar-refractivity contribution in [2.45, 2.75) is 39.1 Å². The summed E-state index contributed by atoms with van der Waals surface area (Å²) in [6.45, 7) is 6.32. The first-order chi connectivity index (χ1) is 12.8. The fraction of sp³-hybridized carbons (Fsp3) is 0.421. The van der Waals surface area contributed by atoms with Crippen LogP contribution >= 0.6 is 0 Å². The largest absolute Gasteiger partial charge is 0.375 e. The fourth-order valence-corrected chi connectivity index (χ4v) is 3.46. The maximum atomic E-state index is 5.78. The van der Waals surface area contributed by atoms with Crippen molar-refractivity contribution in [3.05, 3.63) is 65.8 Å². The highest BCUT2D eigenvalue weighted by molar-refractivity contribution is 5.13. The number of aromatic nitrogens is 5. The molecule has 1 N–H and O–H groups in total. The van der Waals surface area contributed by atoms with Crippen LogP contribution in [0.15, 0.2) is 43.0 Å². The molecule has 0 bridgehead atoms. The van der Waals surface area contributed by atoms with E-state index in [2.05, 4.69) is 36.6 Å². The molecule has 1 atom stereocenters. The minimum Gasteiger partial charge on any atom is -0.375 e. The molecule has 7 nitrogen and oxygen atoms in total. The lowest BCUT2D eigenvalue weighted by atomic mass is 10.2. The zero-order valence-electron chi connectivity index (χ0n) is 15.0. The molecule has 0 spiro atoms. The zero-order chi connectivity index (χ0) is 17.8. The highest BCUT2D eigenvalue weighted by Crippen LogP contribution is 2.26. The van der Waals surface area contributed by atoms with E-state index in [1.807, 2.05) is 36.8 Å². The van der Waals surface area contributed by atoms with Crippen molar-refractivity contribution >= 4 is 0 Å². The molecular weight excluding hydrogens is 328 g/mol. The van der Waals surface area contributed by atoms with Crippen molar-refractivity contribution in [3.63, 3.8) is 0 Å². The first-order valence-electron chi connectivity index (χ1n) is 9.05. The Kier molecular flexibility index (Phi) is 5.08. The van der Waals surface area contributed by atoms with Crippen molar-refractivity contribution in [2.24, 2.45) is 0 Å².